The van der Waals surface area contributed by atoms with Gasteiger partial charge in [-0.25, -0.2) is 0 Å². The smallest absolute Gasteiger partial charge is 0.0820 e. The Morgan fingerprint density at radius 3 is 2.94 bits per heavy atom. The molecule has 88 valence electrons. The third-order valence-electron chi connectivity index (χ3n) is 3.13. The van der Waals surface area contributed by atoms with Crippen LogP contribution in [0.3, 0.4) is 0 Å². The van der Waals surface area contributed by atoms with Crippen molar-refractivity contribution in [2.75, 3.05) is 18.5 Å². The molecule has 3 nitrogen and oxygen atoms in total. The second kappa shape index (κ2) is 5.51. The van der Waals surface area contributed by atoms with Crippen LogP contribution in [0.5, 0.6) is 0 Å². The molecule has 1 fully saturated rings. The van der Waals surface area contributed by atoms with E-state index in [0.29, 0.717) is 17.0 Å². The second-order valence-electron chi connectivity index (χ2n) is 4.24. The summed E-state index contributed by atoms with van der Waals surface area (Å²) in [4.78, 5) is 3.97. The van der Waals surface area contributed by atoms with E-state index >= 15 is 0 Å². The molecule has 1 aromatic heterocycles. The van der Waals surface area contributed by atoms with Crippen molar-refractivity contribution in [3.05, 3.63) is 23.5 Å². The Hall–Kier alpha value is -0.800. The molecule has 0 aromatic carbocycles. The lowest BCUT2D eigenvalue weighted by atomic mass is 9.93. The zero-order chi connectivity index (χ0) is 11.4. The Bertz CT molecular complexity index is 340. The summed E-state index contributed by atoms with van der Waals surface area (Å²) < 4.78 is 5.36. The minimum absolute atomic E-state index is 0.420. The van der Waals surface area contributed by atoms with E-state index in [2.05, 4.69) is 17.2 Å². The summed E-state index contributed by atoms with van der Waals surface area (Å²) in [7, 11) is 0. The van der Waals surface area contributed by atoms with Gasteiger partial charge in [-0.15, -0.1) is 0 Å². The molecule has 1 unspecified atom stereocenters. The van der Waals surface area contributed by atoms with E-state index in [4.69, 9.17) is 16.3 Å². The molecule has 2 rings (SSSR count). The van der Waals surface area contributed by atoms with E-state index in [1.165, 1.54) is 0 Å². The molecular weight excluding hydrogens is 224 g/mol. The molecule has 2 heterocycles. The average molecular weight is 241 g/mol. The van der Waals surface area contributed by atoms with E-state index in [9.17, 15) is 0 Å². The number of aromatic nitrogens is 1. The fraction of sp³-hybridized carbons (Fsp3) is 0.583. The van der Waals surface area contributed by atoms with Crippen LogP contribution in [0.1, 0.15) is 19.8 Å². The molecule has 1 aromatic rings. The van der Waals surface area contributed by atoms with Crippen LogP contribution in [0.4, 0.5) is 5.69 Å². The highest BCUT2D eigenvalue weighted by atomic mass is 35.5. The maximum Gasteiger partial charge on any atom is 0.0820 e. The topological polar surface area (TPSA) is 34.2 Å². The van der Waals surface area contributed by atoms with Gasteiger partial charge in [-0.1, -0.05) is 11.6 Å². The van der Waals surface area contributed by atoms with E-state index < -0.39 is 0 Å². The fourth-order valence-corrected chi connectivity index (χ4v) is 2.25. The maximum absolute atomic E-state index is 6.06. The number of nitrogens with zero attached hydrogens (tertiary/aromatic N) is 1. The number of hydrogen-bond acceptors (Lipinski definition) is 3. The number of anilines is 1. The van der Waals surface area contributed by atoms with Gasteiger partial charge in [0.25, 0.3) is 0 Å². The van der Waals surface area contributed by atoms with Crippen molar-refractivity contribution < 1.29 is 4.74 Å². The second-order valence-corrected chi connectivity index (χ2v) is 4.65. The molecule has 0 radical (unpaired) electrons. The van der Waals surface area contributed by atoms with Gasteiger partial charge in [0.15, 0.2) is 0 Å². The van der Waals surface area contributed by atoms with Crippen LogP contribution in [0.25, 0.3) is 0 Å². The molecular formula is C12H17ClN2O. The Kier molecular flexibility index (Phi) is 4.02. The predicted octanol–water partition coefficient (Wildman–Crippen LogP) is 2.96. The average Bonchev–Trinajstić information content (AvgIpc) is 2.33. The van der Waals surface area contributed by atoms with Crippen LogP contribution in [-0.4, -0.2) is 24.2 Å². The molecule has 1 N–H and O–H groups in total. The number of pyridine rings is 1. The van der Waals surface area contributed by atoms with Gasteiger partial charge >= 0.3 is 0 Å². The molecule has 1 atom stereocenters. The monoisotopic (exact) mass is 240 g/mol. The van der Waals surface area contributed by atoms with Crippen LogP contribution < -0.4 is 5.32 Å². The number of rotatable bonds is 3. The van der Waals surface area contributed by atoms with Gasteiger partial charge in [-0.2, -0.15) is 0 Å². The normalized spacial score (nSPS) is 19.4. The molecule has 0 bridgehead atoms. The molecule has 1 aliphatic heterocycles. The van der Waals surface area contributed by atoms with Gasteiger partial charge in [0, 0.05) is 31.6 Å². The lowest BCUT2D eigenvalue weighted by Crippen LogP contribution is -2.31. The molecule has 0 amide bonds. The van der Waals surface area contributed by atoms with Gasteiger partial charge in [0.1, 0.15) is 0 Å². The van der Waals surface area contributed by atoms with E-state index in [1.54, 1.807) is 12.4 Å². The quantitative estimate of drug-likeness (QED) is 0.882. The van der Waals surface area contributed by atoms with Crippen LogP contribution in [0, 0.1) is 5.92 Å². The lowest BCUT2D eigenvalue weighted by molar-refractivity contribution is 0.0622. The highest BCUT2D eigenvalue weighted by Gasteiger charge is 2.20. The highest BCUT2D eigenvalue weighted by Crippen LogP contribution is 2.25. The molecule has 0 saturated carbocycles. The first-order valence-corrected chi connectivity index (χ1v) is 6.09. The summed E-state index contributed by atoms with van der Waals surface area (Å²) >= 11 is 6.06. The summed E-state index contributed by atoms with van der Waals surface area (Å²) in [5.74, 6) is 0.665. The molecule has 16 heavy (non-hydrogen) atoms. The standard InChI is InChI=1S/C12H17ClN2O/c1-9(10-3-6-16-7-4-10)15-12-2-5-14-8-11(12)13/h2,5,8-10H,3-4,6-7H2,1H3,(H,14,15). The Balaban J connectivity index is 1.96. The van der Waals surface area contributed by atoms with E-state index in [1.807, 2.05) is 6.07 Å². The van der Waals surface area contributed by atoms with Crippen LogP contribution >= 0.6 is 11.6 Å². The minimum atomic E-state index is 0.420. The van der Waals surface area contributed by atoms with Gasteiger partial charge in [-0.3, -0.25) is 4.98 Å². The summed E-state index contributed by atoms with van der Waals surface area (Å²) in [5.41, 5.74) is 0.968. The number of nitrogens with one attached hydrogen (secondary N) is 1. The van der Waals surface area contributed by atoms with Crippen molar-refractivity contribution in [2.24, 2.45) is 5.92 Å². The lowest BCUT2D eigenvalue weighted by Gasteiger charge is -2.29. The first-order chi connectivity index (χ1) is 7.77. The van der Waals surface area contributed by atoms with Crippen molar-refractivity contribution >= 4 is 17.3 Å². The molecule has 1 saturated heterocycles. The van der Waals surface area contributed by atoms with Crippen molar-refractivity contribution in [1.29, 1.82) is 0 Å². The first kappa shape index (κ1) is 11.7. The highest BCUT2D eigenvalue weighted by molar-refractivity contribution is 6.33. The Labute approximate surface area is 101 Å². The largest absolute Gasteiger partial charge is 0.381 e. The summed E-state index contributed by atoms with van der Waals surface area (Å²) in [6.07, 6.45) is 5.67. The molecule has 1 aliphatic rings. The number of hydrogen-bond donors (Lipinski definition) is 1. The fourth-order valence-electron chi connectivity index (χ4n) is 2.07. The van der Waals surface area contributed by atoms with Crippen LogP contribution in [0.2, 0.25) is 5.02 Å². The maximum atomic E-state index is 6.06. The zero-order valence-electron chi connectivity index (χ0n) is 9.45. The predicted molar refractivity (Wildman–Crippen MR) is 65.9 cm³/mol. The summed E-state index contributed by atoms with van der Waals surface area (Å²) in [6.45, 7) is 3.95. The van der Waals surface area contributed by atoms with Crippen molar-refractivity contribution in [2.45, 2.75) is 25.8 Å². The van der Waals surface area contributed by atoms with E-state index in [-0.39, 0.29) is 0 Å². The summed E-state index contributed by atoms with van der Waals surface area (Å²) in [5, 5.41) is 4.13. The number of halogens is 1. The van der Waals surface area contributed by atoms with Crippen LogP contribution in [-0.2, 0) is 4.74 Å². The Morgan fingerprint density at radius 1 is 1.50 bits per heavy atom. The van der Waals surface area contributed by atoms with Gasteiger partial charge in [0.05, 0.1) is 10.7 Å². The van der Waals surface area contributed by atoms with Gasteiger partial charge in [-0.05, 0) is 31.7 Å². The van der Waals surface area contributed by atoms with Crippen LogP contribution in [0.15, 0.2) is 18.5 Å². The van der Waals surface area contributed by atoms with E-state index in [0.717, 1.165) is 31.7 Å². The molecule has 0 aliphatic carbocycles. The SMILES string of the molecule is CC(Nc1ccncc1Cl)C1CCOCC1. The van der Waals surface area contributed by atoms with Crippen molar-refractivity contribution in [3.63, 3.8) is 0 Å². The Morgan fingerprint density at radius 2 is 2.25 bits per heavy atom. The molecule has 0 spiro atoms. The van der Waals surface area contributed by atoms with Gasteiger partial charge in [0.2, 0.25) is 0 Å². The van der Waals surface area contributed by atoms with Gasteiger partial charge < -0.3 is 10.1 Å². The summed E-state index contributed by atoms with van der Waals surface area (Å²) in [6, 6.07) is 2.34. The third-order valence-corrected chi connectivity index (χ3v) is 3.43. The van der Waals surface area contributed by atoms with Crippen molar-refractivity contribution in [3.8, 4) is 0 Å². The molecule has 4 heteroatoms. The first-order valence-electron chi connectivity index (χ1n) is 5.71. The minimum Gasteiger partial charge on any atom is -0.381 e. The van der Waals surface area contributed by atoms with Crippen molar-refractivity contribution in [1.82, 2.24) is 4.98 Å². The zero-order valence-corrected chi connectivity index (χ0v) is 10.2. The third kappa shape index (κ3) is 2.86. The number of ether oxygens (including phenoxy) is 1.